The van der Waals surface area contributed by atoms with Crippen molar-refractivity contribution >= 4 is 29.6 Å². The van der Waals surface area contributed by atoms with Crippen molar-refractivity contribution in [2.24, 2.45) is 17.6 Å². The van der Waals surface area contributed by atoms with Crippen molar-refractivity contribution in [2.45, 2.75) is 77.1 Å². The van der Waals surface area contributed by atoms with Crippen LogP contribution < -0.4 is 20.7 Å². The molecule has 0 aliphatic heterocycles. The summed E-state index contributed by atoms with van der Waals surface area (Å²) in [5.74, 6) is -3.65. The fourth-order valence-electron chi connectivity index (χ4n) is 6.35. The lowest BCUT2D eigenvalue weighted by Crippen LogP contribution is -2.50. The van der Waals surface area contributed by atoms with E-state index < -0.39 is 47.5 Å². The Kier molecular flexibility index (Phi) is 16.8. The number of nitrogens with two attached hydrogens (primary N) is 1. The molecule has 1 atom stereocenters. The summed E-state index contributed by atoms with van der Waals surface area (Å²) < 4.78 is 58.2. The number of carbonyl (C=O) groups is 4. The zero-order valence-electron chi connectivity index (χ0n) is 34.5. The monoisotopic (exact) mass is 857 g/mol. The molecule has 3 amide bonds. The average molecular weight is 858 g/mol. The van der Waals surface area contributed by atoms with Crippen LogP contribution in [0.15, 0.2) is 60.8 Å². The second kappa shape index (κ2) is 21.5. The van der Waals surface area contributed by atoms with Gasteiger partial charge in [0.15, 0.2) is 0 Å². The van der Waals surface area contributed by atoms with Gasteiger partial charge in [-0.1, -0.05) is 12.1 Å². The number of aromatic nitrogens is 5. The van der Waals surface area contributed by atoms with Gasteiger partial charge >= 0.3 is 18.2 Å². The fourth-order valence-corrected chi connectivity index (χ4v) is 6.35. The van der Waals surface area contributed by atoms with Crippen molar-refractivity contribution in [2.75, 3.05) is 38.7 Å². The minimum Gasteiger partial charge on any atom is -0.478 e. The number of aromatic amines is 1. The van der Waals surface area contributed by atoms with Crippen LogP contribution in [-0.4, -0.2) is 111 Å². The van der Waals surface area contributed by atoms with Crippen LogP contribution in [0.5, 0.6) is 5.88 Å². The highest BCUT2D eigenvalue weighted by molar-refractivity contribution is 6.17. The van der Waals surface area contributed by atoms with Crippen molar-refractivity contribution in [1.29, 1.82) is 0 Å². The van der Waals surface area contributed by atoms with E-state index in [1.165, 1.54) is 6.07 Å². The molecule has 1 aliphatic carbocycles. The Balaban J connectivity index is 0.00000107. The number of ether oxygens (including phenoxy) is 2. The Morgan fingerprint density at radius 1 is 0.984 bits per heavy atom. The van der Waals surface area contributed by atoms with Gasteiger partial charge in [0.25, 0.3) is 5.91 Å². The van der Waals surface area contributed by atoms with Gasteiger partial charge in [-0.05, 0) is 126 Å². The van der Waals surface area contributed by atoms with Gasteiger partial charge in [0.1, 0.15) is 11.4 Å². The van der Waals surface area contributed by atoms with E-state index in [2.05, 4.69) is 35.8 Å². The number of benzene rings is 2. The molecule has 0 radical (unpaired) electrons. The maximum absolute atomic E-state index is 15.5. The van der Waals surface area contributed by atoms with E-state index in [9.17, 15) is 27.6 Å². The predicted molar refractivity (Wildman–Crippen MR) is 215 cm³/mol. The molecule has 1 saturated carbocycles. The van der Waals surface area contributed by atoms with Crippen LogP contribution in [-0.2, 0) is 25.5 Å². The third-order valence-corrected chi connectivity index (χ3v) is 9.40. The Morgan fingerprint density at radius 2 is 1.64 bits per heavy atom. The van der Waals surface area contributed by atoms with Gasteiger partial charge in [0, 0.05) is 48.0 Å². The van der Waals surface area contributed by atoms with E-state index >= 15 is 4.39 Å². The van der Waals surface area contributed by atoms with E-state index in [1.807, 2.05) is 14.1 Å². The number of carbonyl (C=O) groups excluding carboxylic acids is 3. The van der Waals surface area contributed by atoms with Gasteiger partial charge in [-0.2, -0.15) is 18.4 Å². The first-order chi connectivity index (χ1) is 28.7. The largest absolute Gasteiger partial charge is 0.490 e. The van der Waals surface area contributed by atoms with Crippen LogP contribution in [0.3, 0.4) is 0 Å². The maximum Gasteiger partial charge on any atom is 0.490 e. The summed E-state index contributed by atoms with van der Waals surface area (Å²) in [5, 5.41) is 23.9. The molecule has 0 spiro atoms. The van der Waals surface area contributed by atoms with Crippen LogP contribution >= 0.6 is 0 Å². The highest BCUT2D eigenvalue weighted by atomic mass is 19.4. The molecule has 0 bridgehead atoms. The smallest absolute Gasteiger partial charge is 0.478 e. The molecule has 4 aromatic rings. The molecule has 2 heterocycles. The minimum atomic E-state index is -5.08. The fraction of sp³-hybridized carbons (Fsp3) is 0.463. The van der Waals surface area contributed by atoms with Crippen LogP contribution in [0.1, 0.15) is 58.4 Å². The van der Waals surface area contributed by atoms with Crippen LogP contribution in [0.25, 0.3) is 22.5 Å². The van der Waals surface area contributed by atoms with Crippen molar-refractivity contribution in [1.82, 2.24) is 35.8 Å². The summed E-state index contributed by atoms with van der Waals surface area (Å²) in [5.41, 5.74) is 8.32. The lowest BCUT2D eigenvalue weighted by Gasteiger charge is -2.32. The second-order valence-corrected chi connectivity index (χ2v) is 15.7. The topological polar surface area (TPSA) is 219 Å². The number of alkyl halides is 3. The van der Waals surface area contributed by atoms with Crippen LogP contribution in [0.2, 0.25) is 0 Å². The van der Waals surface area contributed by atoms with Crippen molar-refractivity contribution < 1.29 is 51.3 Å². The zero-order chi connectivity index (χ0) is 44.9. The van der Waals surface area contributed by atoms with Crippen LogP contribution in [0, 0.1) is 17.7 Å². The SMILES string of the molecule is CN(C)CCCOc1ccc(-c2ccc(C[C@H](N)C(=O)N(C(=O)C3CCC(CNC(=O)OC(C)(C)C)CC3)c3ccc(-c4nn[nH]n4)cc3)cc2F)cn1.O=C(O)C(F)(F)F. The van der Waals surface area contributed by atoms with Gasteiger partial charge in [0.2, 0.25) is 17.6 Å². The molecule has 5 N–H and O–H groups in total. The highest BCUT2D eigenvalue weighted by Crippen LogP contribution is 2.33. The van der Waals surface area contributed by atoms with Crippen molar-refractivity contribution in [3.05, 3.63) is 72.2 Å². The highest BCUT2D eigenvalue weighted by Gasteiger charge is 2.38. The summed E-state index contributed by atoms with van der Waals surface area (Å²) in [6, 6.07) is 13.7. The number of imide groups is 1. The molecule has 2 aromatic carbocycles. The molecular weight excluding hydrogens is 806 g/mol. The molecule has 330 valence electrons. The van der Waals surface area contributed by atoms with Gasteiger partial charge in [0.05, 0.1) is 18.3 Å². The number of hydrogen-bond acceptors (Lipinski definition) is 12. The van der Waals surface area contributed by atoms with Gasteiger partial charge in [-0.15, -0.1) is 10.2 Å². The molecule has 0 saturated heterocycles. The molecule has 16 nitrogen and oxygen atoms in total. The van der Waals surface area contributed by atoms with Gasteiger partial charge < -0.3 is 30.5 Å². The number of amides is 3. The number of tetrazole rings is 1. The number of pyridine rings is 1. The molecule has 1 fully saturated rings. The molecule has 1 aliphatic rings. The number of aliphatic carboxylic acids is 1. The number of nitrogens with zero attached hydrogens (tertiary/aromatic N) is 6. The molecule has 20 heteroatoms. The second-order valence-electron chi connectivity index (χ2n) is 15.7. The van der Waals surface area contributed by atoms with Crippen molar-refractivity contribution in [3.8, 4) is 28.4 Å². The first-order valence-corrected chi connectivity index (χ1v) is 19.5. The number of nitrogens with one attached hydrogen (secondary N) is 2. The number of carboxylic acid groups (broad SMARTS) is 1. The average Bonchev–Trinajstić information content (AvgIpc) is 3.74. The Morgan fingerprint density at radius 3 is 2.18 bits per heavy atom. The summed E-state index contributed by atoms with van der Waals surface area (Å²) >= 11 is 0. The zero-order valence-corrected chi connectivity index (χ0v) is 34.5. The third-order valence-electron chi connectivity index (χ3n) is 9.40. The maximum atomic E-state index is 15.5. The standard InChI is InChI=1S/C39H50FN9O5.C2HF3O2/c1-39(2,3)54-38(52)43-23-25-7-10-28(11-8-25)36(50)49(30-15-12-27(13-16-30)35-44-46-47-45-35)37(51)33(41)22-26-9-17-31(32(40)21-26)29-14-18-34(42-24-29)53-20-6-19-48(4)5;3-2(4,5)1(6)7/h9,12-18,21,24-25,28,33H,6-8,10-11,19-20,22-23,41H2,1-5H3,(H,43,52)(H,44,45,46,47);(H,6,7)/t25?,28?,33-;/m0./s1. The number of hydrogen-bond donors (Lipinski definition) is 4. The molecule has 2 aromatic heterocycles. The lowest BCUT2D eigenvalue weighted by atomic mass is 9.81. The molecular formula is C41H51F4N9O7. The van der Waals surface area contributed by atoms with E-state index in [0.717, 1.165) is 17.9 Å². The summed E-state index contributed by atoms with van der Waals surface area (Å²) in [6.45, 7) is 7.27. The van der Waals surface area contributed by atoms with E-state index in [-0.39, 0.29) is 18.2 Å². The summed E-state index contributed by atoms with van der Waals surface area (Å²) in [6.07, 6.45) is -0.707. The van der Waals surface area contributed by atoms with Crippen molar-refractivity contribution in [3.63, 3.8) is 0 Å². The molecule has 0 unspecified atom stereocenters. The summed E-state index contributed by atoms with van der Waals surface area (Å²) in [7, 11) is 4.00. The predicted octanol–water partition coefficient (Wildman–Crippen LogP) is 5.79. The summed E-state index contributed by atoms with van der Waals surface area (Å²) in [4.78, 5) is 56.9. The Bertz CT molecular complexity index is 2050. The van der Waals surface area contributed by atoms with E-state index in [0.29, 0.717) is 78.5 Å². The normalized spacial score (nSPS) is 15.9. The molecule has 61 heavy (non-hydrogen) atoms. The number of carboxylic acids is 1. The number of anilines is 1. The number of rotatable bonds is 14. The first-order valence-electron chi connectivity index (χ1n) is 19.5. The number of H-pyrrole nitrogens is 1. The minimum absolute atomic E-state index is 0.00179. The van der Waals surface area contributed by atoms with E-state index in [4.69, 9.17) is 25.1 Å². The van der Waals surface area contributed by atoms with Gasteiger partial charge in [-0.25, -0.2) is 23.9 Å². The van der Waals surface area contributed by atoms with Crippen LogP contribution in [0.4, 0.5) is 28.0 Å². The Hall–Kier alpha value is -6.02. The Labute approximate surface area is 350 Å². The van der Waals surface area contributed by atoms with E-state index in [1.54, 1.807) is 75.5 Å². The number of halogens is 4. The number of alkyl carbamates (subject to hydrolysis) is 1. The molecule has 5 rings (SSSR count). The lowest BCUT2D eigenvalue weighted by molar-refractivity contribution is -0.192. The third kappa shape index (κ3) is 14.9. The first kappa shape index (κ1) is 47.7. The van der Waals surface area contributed by atoms with Gasteiger partial charge in [-0.3, -0.25) is 9.59 Å². The quantitative estimate of drug-likeness (QED) is 0.0873.